The first-order chi connectivity index (χ1) is 17.4. The number of hydrogen-bond acceptors (Lipinski definition) is 9. The summed E-state index contributed by atoms with van der Waals surface area (Å²) in [6, 6.07) is 20.4. The highest BCUT2D eigenvalue weighted by Crippen LogP contribution is 2.33. The number of benzene rings is 3. The lowest BCUT2D eigenvalue weighted by atomic mass is 10.2. The van der Waals surface area contributed by atoms with Crippen LogP contribution >= 0.6 is 11.6 Å². The Balaban J connectivity index is 1.41. The number of non-ortho nitro benzene ring substituents is 1. The molecule has 36 heavy (non-hydrogen) atoms. The van der Waals surface area contributed by atoms with Gasteiger partial charge in [-0.25, -0.2) is 0 Å². The van der Waals surface area contributed by atoms with Gasteiger partial charge < -0.3 is 24.3 Å². The normalized spacial score (nSPS) is 10.4. The zero-order valence-corrected chi connectivity index (χ0v) is 20.1. The molecule has 1 N–H and O–H groups in total. The Kier molecular flexibility index (Phi) is 7.66. The van der Waals surface area contributed by atoms with Gasteiger partial charge in [0.05, 0.1) is 30.2 Å². The maximum atomic E-state index is 10.9. The summed E-state index contributed by atoms with van der Waals surface area (Å²) >= 11 is 6.10. The van der Waals surface area contributed by atoms with Gasteiger partial charge >= 0.3 is 6.01 Å². The van der Waals surface area contributed by atoms with Crippen molar-refractivity contribution in [3.8, 4) is 35.0 Å². The zero-order valence-electron chi connectivity index (χ0n) is 19.3. The molecule has 0 aliphatic carbocycles. The van der Waals surface area contributed by atoms with Crippen molar-refractivity contribution in [2.75, 3.05) is 19.5 Å². The van der Waals surface area contributed by atoms with Crippen LogP contribution in [0.15, 0.2) is 72.8 Å². The average molecular weight is 509 g/mol. The number of rotatable bonds is 10. The van der Waals surface area contributed by atoms with E-state index < -0.39 is 4.92 Å². The van der Waals surface area contributed by atoms with Crippen LogP contribution in [-0.2, 0) is 6.54 Å². The number of nitro groups is 1. The second kappa shape index (κ2) is 11.2. The molecular weight excluding hydrogens is 488 g/mol. The molecule has 0 radical (unpaired) electrons. The Morgan fingerprint density at radius 2 is 1.58 bits per heavy atom. The first kappa shape index (κ1) is 24.6. The molecular formula is C25H21ClN4O6. The SMILES string of the molecule is COc1cc(OC)nc(Oc2ccccc2CNc2ccc(Oc3ccc([N+](=O)[O-])cc3Cl)cc2)n1. The van der Waals surface area contributed by atoms with E-state index in [2.05, 4.69) is 15.3 Å². The highest BCUT2D eigenvalue weighted by Gasteiger charge is 2.12. The molecule has 184 valence electrons. The van der Waals surface area contributed by atoms with Gasteiger partial charge in [-0.1, -0.05) is 29.8 Å². The fourth-order valence-electron chi connectivity index (χ4n) is 3.14. The number of anilines is 1. The number of para-hydroxylation sites is 1. The lowest BCUT2D eigenvalue weighted by Gasteiger charge is -2.13. The van der Waals surface area contributed by atoms with E-state index in [1.165, 1.54) is 32.4 Å². The smallest absolute Gasteiger partial charge is 0.328 e. The van der Waals surface area contributed by atoms with E-state index in [-0.39, 0.29) is 16.7 Å². The van der Waals surface area contributed by atoms with E-state index in [1.54, 1.807) is 18.2 Å². The Bertz CT molecular complexity index is 1350. The highest BCUT2D eigenvalue weighted by atomic mass is 35.5. The van der Waals surface area contributed by atoms with E-state index >= 15 is 0 Å². The van der Waals surface area contributed by atoms with E-state index in [9.17, 15) is 10.1 Å². The summed E-state index contributed by atoms with van der Waals surface area (Å²) in [6.45, 7) is 0.464. The van der Waals surface area contributed by atoms with Crippen molar-refractivity contribution in [1.29, 1.82) is 0 Å². The molecule has 0 aliphatic heterocycles. The van der Waals surface area contributed by atoms with Crippen molar-refractivity contribution >= 4 is 23.0 Å². The molecule has 0 fully saturated rings. The zero-order chi connectivity index (χ0) is 25.5. The van der Waals surface area contributed by atoms with Crippen LogP contribution in [0, 0.1) is 10.1 Å². The lowest BCUT2D eigenvalue weighted by molar-refractivity contribution is -0.384. The summed E-state index contributed by atoms with van der Waals surface area (Å²) < 4.78 is 22.0. The molecule has 0 aliphatic rings. The third kappa shape index (κ3) is 6.10. The molecule has 0 saturated carbocycles. The summed E-state index contributed by atoms with van der Waals surface area (Å²) in [6.07, 6.45) is 0. The molecule has 0 bridgehead atoms. The van der Waals surface area contributed by atoms with Crippen LogP contribution < -0.4 is 24.3 Å². The van der Waals surface area contributed by atoms with Crippen molar-refractivity contribution in [3.63, 3.8) is 0 Å². The van der Waals surface area contributed by atoms with Gasteiger partial charge in [-0.15, -0.1) is 0 Å². The van der Waals surface area contributed by atoms with Crippen LogP contribution in [0.3, 0.4) is 0 Å². The van der Waals surface area contributed by atoms with Crippen molar-refractivity contribution < 1.29 is 23.9 Å². The molecule has 10 nitrogen and oxygen atoms in total. The maximum Gasteiger partial charge on any atom is 0.328 e. The quantitative estimate of drug-likeness (QED) is 0.196. The molecule has 4 rings (SSSR count). The highest BCUT2D eigenvalue weighted by molar-refractivity contribution is 6.32. The molecule has 0 amide bonds. The second-order valence-electron chi connectivity index (χ2n) is 7.30. The summed E-state index contributed by atoms with van der Waals surface area (Å²) in [4.78, 5) is 18.8. The third-order valence-electron chi connectivity index (χ3n) is 4.94. The molecule has 11 heteroatoms. The Hall–Kier alpha value is -4.57. The van der Waals surface area contributed by atoms with E-state index in [0.717, 1.165) is 11.3 Å². The number of methoxy groups -OCH3 is 2. The van der Waals surface area contributed by atoms with Gasteiger partial charge in [0.15, 0.2) is 0 Å². The molecule has 0 saturated heterocycles. The first-order valence-electron chi connectivity index (χ1n) is 10.6. The van der Waals surface area contributed by atoms with Crippen LogP contribution in [0.1, 0.15) is 5.56 Å². The number of halogens is 1. The average Bonchev–Trinajstić information content (AvgIpc) is 2.89. The predicted octanol–water partition coefficient (Wildman–Crippen LogP) is 6.25. The minimum Gasteiger partial charge on any atom is -0.481 e. The molecule has 1 heterocycles. The molecule has 4 aromatic rings. The van der Waals surface area contributed by atoms with Crippen LogP contribution in [0.4, 0.5) is 11.4 Å². The minimum atomic E-state index is -0.514. The Labute approximate surface area is 211 Å². The lowest BCUT2D eigenvalue weighted by Crippen LogP contribution is -2.03. The Morgan fingerprint density at radius 1 is 0.889 bits per heavy atom. The van der Waals surface area contributed by atoms with Crippen LogP contribution in [0.25, 0.3) is 0 Å². The number of nitrogens with one attached hydrogen (secondary N) is 1. The van der Waals surface area contributed by atoms with Gasteiger partial charge in [-0.3, -0.25) is 10.1 Å². The number of ether oxygens (including phenoxy) is 4. The van der Waals surface area contributed by atoms with Gasteiger partial charge in [0.25, 0.3) is 5.69 Å². The topological polar surface area (TPSA) is 118 Å². The molecule has 0 spiro atoms. The summed E-state index contributed by atoms with van der Waals surface area (Å²) in [5, 5.41) is 14.3. The van der Waals surface area contributed by atoms with Gasteiger partial charge in [0.2, 0.25) is 11.8 Å². The number of aromatic nitrogens is 2. The van der Waals surface area contributed by atoms with Crippen LogP contribution in [0.5, 0.6) is 35.0 Å². The van der Waals surface area contributed by atoms with Gasteiger partial charge in [-0.2, -0.15) is 9.97 Å². The van der Waals surface area contributed by atoms with E-state index in [0.29, 0.717) is 35.6 Å². The van der Waals surface area contributed by atoms with Crippen LogP contribution in [0.2, 0.25) is 5.02 Å². The monoisotopic (exact) mass is 508 g/mol. The van der Waals surface area contributed by atoms with E-state index in [4.69, 9.17) is 30.5 Å². The first-order valence-corrected chi connectivity index (χ1v) is 11.0. The summed E-state index contributed by atoms with van der Waals surface area (Å²) in [7, 11) is 3.00. The van der Waals surface area contributed by atoms with Gasteiger partial charge in [-0.05, 0) is 36.4 Å². The minimum absolute atomic E-state index is 0.102. The standard InChI is InChI=1S/C25H21ClN4O6/c1-33-23-14-24(34-2)29-25(28-23)36-21-6-4-3-5-16(21)15-27-17-7-10-19(11-8-17)35-22-12-9-18(30(31)32)13-20(22)26/h3-14,27H,15H2,1-2H3. The third-order valence-corrected chi connectivity index (χ3v) is 5.24. The fraction of sp³-hybridized carbons (Fsp3) is 0.120. The second-order valence-corrected chi connectivity index (χ2v) is 7.70. The van der Waals surface area contributed by atoms with Crippen molar-refractivity contribution in [2.24, 2.45) is 0 Å². The fourth-order valence-corrected chi connectivity index (χ4v) is 3.35. The van der Waals surface area contributed by atoms with Gasteiger partial charge in [0, 0.05) is 29.9 Å². The van der Waals surface area contributed by atoms with Gasteiger partial charge in [0.1, 0.15) is 17.2 Å². The predicted molar refractivity (Wildman–Crippen MR) is 134 cm³/mol. The Morgan fingerprint density at radius 3 is 2.22 bits per heavy atom. The molecule has 1 aromatic heterocycles. The molecule has 0 atom stereocenters. The van der Waals surface area contributed by atoms with Crippen molar-refractivity contribution in [3.05, 3.63) is 93.5 Å². The largest absolute Gasteiger partial charge is 0.481 e. The number of nitro benzene ring substituents is 1. The molecule has 0 unspecified atom stereocenters. The van der Waals surface area contributed by atoms with Crippen LogP contribution in [-0.4, -0.2) is 29.1 Å². The maximum absolute atomic E-state index is 10.9. The van der Waals surface area contributed by atoms with Crippen molar-refractivity contribution in [2.45, 2.75) is 6.54 Å². The summed E-state index contributed by atoms with van der Waals surface area (Å²) in [5.74, 6) is 2.08. The number of nitrogens with zero attached hydrogens (tertiary/aromatic N) is 3. The van der Waals surface area contributed by atoms with Crippen molar-refractivity contribution in [1.82, 2.24) is 9.97 Å². The summed E-state index contributed by atoms with van der Waals surface area (Å²) in [5.41, 5.74) is 1.61. The van der Waals surface area contributed by atoms with E-state index in [1.807, 2.05) is 36.4 Å². The molecule has 3 aromatic carbocycles. The number of hydrogen-bond donors (Lipinski definition) is 1.